The van der Waals surface area contributed by atoms with E-state index in [1.165, 1.54) is 38.5 Å². The van der Waals surface area contributed by atoms with Crippen LogP contribution in [0.4, 0.5) is 0 Å². The Balaban J connectivity index is 0.000000720. The molecule has 0 aromatic heterocycles. The van der Waals surface area contributed by atoms with Crippen LogP contribution in [0.15, 0.2) is 0 Å². The summed E-state index contributed by atoms with van der Waals surface area (Å²) in [7, 11) is 0. The Kier molecular flexibility index (Phi) is 4.30. The number of halogens is 1. The smallest absolute Gasteiger partial charge is 0.00978 e. The first-order chi connectivity index (χ1) is 5.36. The van der Waals surface area contributed by atoms with Crippen molar-refractivity contribution < 1.29 is 0 Å². The number of nitrogens with one attached hydrogen (secondary N) is 1. The lowest BCUT2D eigenvalue weighted by Crippen LogP contribution is -2.47. The summed E-state index contributed by atoms with van der Waals surface area (Å²) in [5.74, 6) is 1.03. The third kappa shape index (κ3) is 2.34. The maximum absolute atomic E-state index is 3.72. The zero-order chi connectivity index (χ0) is 7.68. The van der Waals surface area contributed by atoms with Gasteiger partial charge in [-0.25, -0.2) is 0 Å². The molecule has 0 bridgehead atoms. The highest BCUT2D eigenvalue weighted by atomic mass is 127. The zero-order valence-corrected chi connectivity index (χ0v) is 10.2. The molecule has 1 nitrogen and oxygen atoms in total. The topological polar surface area (TPSA) is 12.0 Å². The normalized spacial score (nSPS) is 41.2. The highest BCUT2D eigenvalue weighted by Crippen LogP contribution is 2.31. The highest BCUT2D eigenvalue weighted by Gasteiger charge is 2.29. The van der Waals surface area contributed by atoms with Crippen molar-refractivity contribution in [2.45, 2.75) is 57.5 Å². The molecule has 0 amide bonds. The molecule has 0 radical (unpaired) electrons. The molecule has 1 aliphatic heterocycles. The SMILES string of the molecule is CC1CCC2CCCCC2N1.I. The van der Waals surface area contributed by atoms with Gasteiger partial charge >= 0.3 is 0 Å². The molecule has 3 unspecified atom stereocenters. The molecule has 1 saturated heterocycles. The molecule has 1 aliphatic carbocycles. The van der Waals surface area contributed by atoms with E-state index in [4.69, 9.17) is 0 Å². The standard InChI is InChI=1S/C10H19N.HI/c1-8-6-7-9-4-2-3-5-10(9)11-8;/h8-11H,2-7H2,1H3;1H. The molecule has 1 saturated carbocycles. The van der Waals surface area contributed by atoms with E-state index in [1.54, 1.807) is 0 Å². The Morgan fingerprint density at radius 1 is 1.00 bits per heavy atom. The largest absolute Gasteiger partial charge is 0.311 e. The fraction of sp³-hybridized carbons (Fsp3) is 1.00. The summed E-state index contributed by atoms with van der Waals surface area (Å²) in [6, 6.07) is 1.67. The van der Waals surface area contributed by atoms with E-state index < -0.39 is 0 Å². The van der Waals surface area contributed by atoms with Crippen molar-refractivity contribution in [1.82, 2.24) is 5.32 Å². The van der Waals surface area contributed by atoms with Crippen molar-refractivity contribution in [1.29, 1.82) is 0 Å². The van der Waals surface area contributed by atoms with Gasteiger partial charge < -0.3 is 5.32 Å². The molecule has 1 heterocycles. The molecule has 2 aliphatic rings. The van der Waals surface area contributed by atoms with Crippen LogP contribution in [0.1, 0.15) is 45.4 Å². The predicted octanol–water partition coefficient (Wildman–Crippen LogP) is 2.94. The molecule has 0 aromatic rings. The van der Waals surface area contributed by atoms with Crippen LogP contribution < -0.4 is 5.32 Å². The summed E-state index contributed by atoms with van der Waals surface area (Å²) in [6.07, 6.45) is 8.76. The Labute approximate surface area is 92.7 Å². The third-order valence-electron chi connectivity index (χ3n) is 3.38. The van der Waals surface area contributed by atoms with E-state index in [0.29, 0.717) is 0 Å². The second kappa shape index (κ2) is 4.80. The van der Waals surface area contributed by atoms with Gasteiger partial charge in [-0.2, -0.15) is 0 Å². The maximum Gasteiger partial charge on any atom is 0.00978 e. The van der Waals surface area contributed by atoms with Crippen LogP contribution in [0, 0.1) is 5.92 Å². The van der Waals surface area contributed by atoms with Crippen LogP contribution in [0.5, 0.6) is 0 Å². The van der Waals surface area contributed by atoms with Gasteiger partial charge in [-0.15, -0.1) is 24.0 Å². The molecule has 2 rings (SSSR count). The molecule has 2 fully saturated rings. The van der Waals surface area contributed by atoms with E-state index in [2.05, 4.69) is 12.2 Å². The van der Waals surface area contributed by atoms with Crippen molar-refractivity contribution >= 4 is 24.0 Å². The minimum atomic E-state index is 0. The minimum Gasteiger partial charge on any atom is -0.311 e. The summed E-state index contributed by atoms with van der Waals surface area (Å²) < 4.78 is 0. The first-order valence-electron chi connectivity index (χ1n) is 5.12. The number of piperidine rings is 1. The van der Waals surface area contributed by atoms with Crippen molar-refractivity contribution in [3.63, 3.8) is 0 Å². The Hall–Kier alpha value is 0.690. The maximum atomic E-state index is 3.72. The molecule has 72 valence electrons. The number of rotatable bonds is 0. The first kappa shape index (κ1) is 10.8. The van der Waals surface area contributed by atoms with Crippen molar-refractivity contribution in [2.75, 3.05) is 0 Å². The Bertz CT molecular complexity index is 138. The van der Waals surface area contributed by atoms with E-state index in [9.17, 15) is 0 Å². The van der Waals surface area contributed by atoms with Crippen molar-refractivity contribution in [2.24, 2.45) is 5.92 Å². The van der Waals surface area contributed by atoms with Crippen LogP contribution in [-0.4, -0.2) is 12.1 Å². The van der Waals surface area contributed by atoms with Crippen molar-refractivity contribution in [3.8, 4) is 0 Å². The van der Waals surface area contributed by atoms with E-state index >= 15 is 0 Å². The van der Waals surface area contributed by atoms with Crippen LogP contribution in [0.3, 0.4) is 0 Å². The lowest BCUT2D eigenvalue weighted by Gasteiger charge is -2.39. The van der Waals surface area contributed by atoms with Gasteiger partial charge in [0.2, 0.25) is 0 Å². The number of fused-ring (bicyclic) bond motifs is 1. The van der Waals surface area contributed by atoms with Gasteiger partial charge in [0.05, 0.1) is 0 Å². The summed E-state index contributed by atoms with van der Waals surface area (Å²) in [4.78, 5) is 0. The quantitative estimate of drug-likeness (QED) is 0.673. The average molecular weight is 281 g/mol. The van der Waals surface area contributed by atoms with Gasteiger partial charge in [-0.1, -0.05) is 12.8 Å². The molecule has 2 heteroatoms. The molecule has 3 atom stereocenters. The number of hydrogen-bond donors (Lipinski definition) is 1. The molecular weight excluding hydrogens is 261 g/mol. The van der Waals surface area contributed by atoms with E-state index in [-0.39, 0.29) is 24.0 Å². The van der Waals surface area contributed by atoms with Crippen LogP contribution >= 0.6 is 24.0 Å². The molecule has 1 N–H and O–H groups in total. The Morgan fingerprint density at radius 3 is 2.58 bits per heavy atom. The lowest BCUT2D eigenvalue weighted by atomic mass is 9.78. The monoisotopic (exact) mass is 281 g/mol. The summed E-state index contributed by atoms with van der Waals surface area (Å²) in [5.41, 5.74) is 0. The van der Waals surface area contributed by atoms with Gasteiger partial charge in [0.1, 0.15) is 0 Å². The first-order valence-corrected chi connectivity index (χ1v) is 5.12. The molecule has 0 spiro atoms. The summed E-state index contributed by atoms with van der Waals surface area (Å²) in [5, 5.41) is 3.72. The van der Waals surface area contributed by atoms with E-state index in [1.807, 2.05) is 0 Å². The second-order valence-electron chi connectivity index (χ2n) is 4.30. The molecular formula is C10H20IN. The summed E-state index contributed by atoms with van der Waals surface area (Å²) >= 11 is 0. The lowest BCUT2D eigenvalue weighted by molar-refractivity contribution is 0.182. The van der Waals surface area contributed by atoms with Crippen LogP contribution in [-0.2, 0) is 0 Å². The minimum absolute atomic E-state index is 0. The van der Waals surface area contributed by atoms with E-state index in [0.717, 1.165) is 18.0 Å². The predicted molar refractivity (Wildman–Crippen MR) is 63.0 cm³/mol. The Morgan fingerprint density at radius 2 is 1.75 bits per heavy atom. The third-order valence-corrected chi connectivity index (χ3v) is 3.38. The zero-order valence-electron chi connectivity index (χ0n) is 7.88. The van der Waals surface area contributed by atoms with Crippen LogP contribution in [0.25, 0.3) is 0 Å². The molecule has 0 aromatic carbocycles. The fourth-order valence-corrected chi connectivity index (χ4v) is 2.69. The fourth-order valence-electron chi connectivity index (χ4n) is 2.69. The highest BCUT2D eigenvalue weighted by molar-refractivity contribution is 14.0. The second-order valence-corrected chi connectivity index (χ2v) is 4.30. The molecule has 12 heavy (non-hydrogen) atoms. The van der Waals surface area contributed by atoms with Crippen LogP contribution in [0.2, 0.25) is 0 Å². The summed E-state index contributed by atoms with van der Waals surface area (Å²) in [6.45, 7) is 2.32. The average Bonchev–Trinajstić information content (AvgIpc) is 2.04. The van der Waals surface area contributed by atoms with Gasteiger partial charge in [-0.05, 0) is 38.5 Å². The number of hydrogen-bond acceptors (Lipinski definition) is 1. The van der Waals surface area contributed by atoms with Gasteiger partial charge in [0.15, 0.2) is 0 Å². The van der Waals surface area contributed by atoms with Gasteiger partial charge in [0, 0.05) is 12.1 Å². The van der Waals surface area contributed by atoms with Crippen molar-refractivity contribution in [3.05, 3.63) is 0 Å². The van der Waals surface area contributed by atoms with Gasteiger partial charge in [0.25, 0.3) is 0 Å². The van der Waals surface area contributed by atoms with Gasteiger partial charge in [-0.3, -0.25) is 0 Å².